The zero-order chi connectivity index (χ0) is 14.5. The van der Waals surface area contributed by atoms with E-state index >= 15 is 0 Å². The van der Waals surface area contributed by atoms with Crippen molar-refractivity contribution in [1.29, 1.82) is 0 Å². The van der Waals surface area contributed by atoms with Gasteiger partial charge in [0.1, 0.15) is 6.54 Å². The molecule has 1 aromatic carbocycles. The van der Waals surface area contributed by atoms with Crippen molar-refractivity contribution in [3.63, 3.8) is 0 Å². The highest BCUT2D eigenvalue weighted by atomic mass is 16.4. The molecular weight excluding hydrogens is 262 g/mol. The van der Waals surface area contributed by atoms with Crippen LogP contribution in [0.15, 0.2) is 30.5 Å². The van der Waals surface area contributed by atoms with E-state index in [1.165, 1.54) is 0 Å². The van der Waals surface area contributed by atoms with E-state index in [2.05, 4.69) is 15.6 Å². The van der Waals surface area contributed by atoms with Gasteiger partial charge in [-0.3, -0.25) is 14.4 Å². The van der Waals surface area contributed by atoms with Gasteiger partial charge in [0.15, 0.2) is 0 Å². The molecule has 0 atom stereocenters. The highest BCUT2D eigenvalue weighted by molar-refractivity contribution is 6.07. The summed E-state index contributed by atoms with van der Waals surface area (Å²) in [6, 6.07) is 7.00. The summed E-state index contributed by atoms with van der Waals surface area (Å²) >= 11 is 0. The number of benzene rings is 1. The topological polar surface area (TPSA) is 111 Å². The Balaban J connectivity index is 1.97. The molecule has 0 fully saturated rings. The molecule has 1 aromatic heterocycles. The Hall–Kier alpha value is -2.83. The first kappa shape index (κ1) is 13.6. The number of aromatic amines is 1. The molecule has 0 unspecified atom stereocenters. The first-order chi connectivity index (χ1) is 9.58. The molecule has 0 aliphatic carbocycles. The second-order valence-corrected chi connectivity index (χ2v) is 4.10. The first-order valence-electron chi connectivity index (χ1n) is 5.90. The largest absolute Gasteiger partial charge is 0.480 e. The molecule has 2 amide bonds. The zero-order valence-electron chi connectivity index (χ0n) is 10.5. The third kappa shape index (κ3) is 3.14. The molecule has 2 aromatic rings. The molecule has 4 N–H and O–H groups in total. The van der Waals surface area contributed by atoms with Gasteiger partial charge in [0.05, 0.1) is 6.54 Å². The molecule has 0 aliphatic heterocycles. The monoisotopic (exact) mass is 275 g/mol. The average molecular weight is 275 g/mol. The van der Waals surface area contributed by atoms with Crippen molar-refractivity contribution in [1.82, 2.24) is 15.6 Å². The standard InChI is InChI=1S/C13H13N3O4/c17-11(15-7-12(18)19)6-16-13(20)9-2-1-3-10-8(9)4-5-14-10/h1-5,14H,6-7H2,(H,15,17)(H,16,20)(H,18,19). The highest BCUT2D eigenvalue weighted by Crippen LogP contribution is 2.16. The van der Waals surface area contributed by atoms with E-state index < -0.39 is 18.4 Å². The SMILES string of the molecule is O=C(O)CNC(=O)CNC(=O)c1cccc2[nH]ccc12. The third-order valence-corrected chi connectivity index (χ3v) is 2.69. The fraction of sp³-hybridized carbons (Fsp3) is 0.154. The minimum Gasteiger partial charge on any atom is -0.480 e. The number of carbonyl (C=O) groups excluding carboxylic acids is 2. The summed E-state index contributed by atoms with van der Waals surface area (Å²) in [5.41, 5.74) is 1.28. The van der Waals surface area contributed by atoms with E-state index in [1.54, 1.807) is 24.4 Å². The van der Waals surface area contributed by atoms with E-state index in [9.17, 15) is 14.4 Å². The van der Waals surface area contributed by atoms with E-state index in [0.29, 0.717) is 5.56 Å². The number of amides is 2. The number of nitrogens with one attached hydrogen (secondary N) is 3. The van der Waals surface area contributed by atoms with Gasteiger partial charge in [0, 0.05) is 22.7 Å². The lowest BCUT2D eigenvalue weighted by molar-refractivity contribution is -0.137. The molecule has 7 heteroatoms. The molecule has 7 nitrogen and oxygen atoms in total. The van der Waals surface area contributed by atoms with Gasteiger partial charge in [-0.1, -0.05) is 6.07 Å². The maximum atomic E-state index is 12.0. The maximum Gasteiger partial charge on any atom is 0.322 e. The van der Waals surface area contributed by atoms with Crippen molar-refractivity contribution < 1.29 is 19.5 Å². The van der Waals surface area contributed by atoms with Crippen molar-refractivity contribution in [3.8, 4) is 0 Å². The molecule has 2 rings (SSSR count). The van der Waals surface area contributed by atoms with E-state index in [0.717, 1.165) is 10.9 Å². The Morgan fingerprint density at radius 2 is 1.90 bits per heavy atom. The minimum atomic E-state index is -1.14. The zero-order valence-corrected chi connectivity index (χ0v) is 10.5. The van der Waals surface area contributed by atoms with Crippen molar-refractivity contribution in [2.75, 3.05) is 13.1 Å². The first-order valence-corrected chi connectivity index (χ1v) is 5.90. The summed E-state index contributed by atoms with van der Waals surface area (Å²) in [5, 5.41) is 13.8. The molecule has 20 heavy (non-hydrogen) atoms. The maximum absolute atomic E-state index is 12.0. The normalized spacial score (nSPS) is 10.2. The number of rotatable bonds is 5. The molecule has 0 saturated heterocycles. The number of fused-ring (bicyclic) bond motifs is 1. The summed E-state index contributed by atoms with van der Waals surface area (Å²) in [6.45, 7) is -0.741. The van der Waals surface area contributed by atoms with Gasteiger partial charge >= 0.3 is 5.97 Å². The number of carboxylic acids is 1. The van der Waals surface area contributed by atoms with Crippen LogP contribution in [-0.2, 0) is 9.59 Å². The molecule has 104 valence electrons. The number of carboxylic acid groups (broad SMARTS) is 1. The van der Waals surface area contributed by atoms with Crippen LogP contribution in [0, 0.1) is 0 Å². The predicted octanol–water partition coefficient (Wildman–Crippen LogP) is 0.0985. The molecule has 1 heterocycles. The fourth-order valence-corrected chi connectivity index (χ4v) is 1.78. The second-order valence-electron chi connectivity index (χ2n) is 4.10. The van der Waals surface area contributed by atoms with Gasteiger partial charge in [-0.2, -0.15) is 0 Å². The summed E-state index contributed by atoms with van der Waals surface area (Å²) in [7, 11) is 0. The van der Waals surface area contributed by atoms with Crippen LogP contribution in [0.2, 0.25) is 0 Å². The lowest BCUT2D eigenvalue weighted by Crippen LogP contribution is -2.39. The van der Waals surface area contributed by atoms with Crippen LogP contribution in [0.25, 0.3) is 10.9 Å². The van der Waals surface area contributed by atoms with Crippen molar-refractivity contribution in [2.24, 2.45) is 0 Å². The molecule has 0 bridgehead atoms. The van der Waals surface area contributed by atoms with Gasteiger partial charge < -0.3 is 20.7 Å². The summed E-state index contributed by atoms with van der Waals surface area (Å²) in [6.07, 6.45) is 1.72. The Labute approximate surface area is 114 Å². The number of H-pyrrole nitrogens is 1. The smallest absolute Gasteiger partial charge is 0.322 e. The highest BCUT2D eigenvalue weighted by Gasteiger charge is 2.11. The predicted molar refractivity (Wildman–Crippen MR) is 71.3 cm³/mol. The molecule has 0 radical (unpaired) electrons. The quantitative estimate of drug-likeness (QED) is 0.620. The lowest BCUT2D eigenvalue weighted by Gasteiger charge is -2.06. The molecule has 0 saturated carbocycles. The van der Waals surface area contributed by atoms with Crippen LogP contribution in [0.3, 0.4) is 0 Å². The van der Waals surface area contributed by atoms with Gasteiger partial charge in [-0.05, 0) is 18.2 Å². The van der Waals surface area contributed by atoms with Crippen LogP contribution >= 0.6 is 0 Å². The number of aliphatic carboxylic acids is 1. The third-order valence-electron chi connectivity index (χ3n) is 2.69. The second kappa shape index (κ2) is 5.87. The van der Waals surface area contributed by atoms with Crippen LogP contribution in [-0.4, -0.2) is 41.0 Å². The average Bonchev–Trinajstić information content (AvgIpc) is 2.90. The van der Waals surface area contributed by atoms with Crippen LogP contribution in [0.1, 0.15) is 10.4 Å². The Bertz CT molecular complexity index is 662. The number of carbonyl (C=O) groups is 3. The molecule has 0 aliphatic rings. The van der Waals surface area contributed by atoms with Crippen LogP contribution in [0.4, 0.5) is 0 Å². The van der Waals surface area contributed by atoms with E-state index in [1.807, 2.05) is 6.07 Å². The fourth-order valence-electron chi connectivity index (χ4n) is 1.78. The van der Waals surface area contributed by atoms with Gasteiger partial charge in [0.2, 0.25) is 5.91 Å². The number of hydrogen-bond donors (Lipinski definition) is 4. The number of hydrogen-bond acceptors (Lipinski definition) is 3. The van der Waals surface area contributed by atoms with Crippen molar-refractivity contribution >= 4 is 28.7 Å². The summed E-state index contributed by atoms with van der Waals surface area (Å²) in [5.74, 6) is -2.08. The summed E-state index contributed by atoms with van der Waals surface area (Å²) in [4.78, 5) is 36.5. The van der Waals surface area contributed by atoms with E-state index in [4.69, 9.17) is 5.11 Å². The van der Waals surface area contributed by atoms with Gasteiger partial charge in [-0.15, -0.1) is 0 Å². The lowest BCUT2D eigenvalue weighted by atomic mass is 10.1. The van der Waals surface area contributed by atoms with Gasteiger partial charge in [0.25, 0.3) is 5.91 Å². The Morgan fingerprint density at radius 3 is 2.65 bits per heavy atom. The molecular formula is C13H13N3O4. The minimum absolute atomic E-state index is 0.271. The number of aromatic nitrogens is 1. The van der Waals surface area contributed by atoms with E-state index in [-0.39, 0.29) is 12.5 Å². The van der Waals surface area contributed by atoms with Gasteiger partial charge in [-0.25, -0.2) is 0 Å². The van der Waals surface area contributed by atoms with Crippen LogP contribution in [0.5, 0.6) is 0 Å². The van der Waals surface area contributed by atoms with Crippen LogP contribution < -0.4 is 10.6 Å². The Morgan fingerprint density at radius 1 is 1.10 bits per heavy atom. The Kier molecular flexibility index (Phi) is 3.99. The van der Waals surface area contributed by atoms with Crippen molar-refractivity contribution in [3.05, 3.63) is 36.0 Å². The summed E-state index contributed by atoms with van der Waals surface area (Å²) < 4.78 is 0. The van der Waals surface area contributed by atoms with Crippen molar-refractivity contribution in [2.45, 2.75) is 0 Å². The molecule has 0 spiro atoms.